The van der Waals surface area contributed by atoms with E-state index in [-0.39, 0.29) is 29.2 Å². The summed E-state index contributed by atoms with van der Waals surface area (Å²) < 4.78 is 26.8. The molecule has 1 aromatic carbocycles. The maximum atomic E-state index is 12.7. The molecule has 0 unspecified atom stereocenters. The van der Waals surface area contributed by atoms with Gasteiger partial charge in [-0.15, -0.1) is 0 Å². The summed E-state index contributed by atoms with van der Waals surface area (Å²) in [4.78, 5) is 23.1. The van der Waals surface area contributed by atoms with Crippen molar-refractivity contribution in [3.05, 3.63) is 28.3 Å². The number of hydrogen-bond acceptors (Lipinski definition) is 7. The number of carboxylic acids is 1. The third-order valence-electron chi connectivity index (χ3n) is 4.15. The number of hydrogen-bond donors (Lipinski definition) is 2. The molecule has 11 heteroatoms. The van der Waals surface area contributed by atoms with Crippen molar-refractivity contribution in [3.8, 4) is 0 Å². The fourth-order valence-corrected chi connectivity index (χ4v) is 4.06. The van der Waals surface area contributed by atoms with Crippen molar-refractivity contribution in [2.24, 2.45) is 0 Å². The molecular weight excluding hydrogens is 364 g/mol. The summed E-state index contributed by atoms with van der Waals surface area (Å²) >= 11 is 0. The van der Waals surface area contributed by atoms with Gasteiger partial charge >= 0.3 is 5.97 Å². The molecule has 1 aromatic rings. The van der Waals surface area contributed by atoms with Crippen LogP contribution in [-0.2, 0) is 14.8 Å². The van der Waals surface area contributed by atoms with E-state index in [1.807, 2.05) is 11.9 Å². The zero-order valence-corrected chi connectivity index (χ0v) is 15.2. The number of nitrogens with one attached hydrogen (secondary N) is 1. The molecule has 0 amide bonds. The molecule has 1 fully saturated rings. The number of anilines is 1. The highest BCUT2D eigenvalue weighted by Gasteiger charge is 2.29. The van der Waals surface area contributed by atoms with Crippen LogP contribution < -0.4 is 5.32 Å². The van der Waals surface area contributed by atoms with E-state index in [2.05, 4.69) is 5.32 Å². The third-order valence-corrected chi connectivity index (χ3v) is 6.04. The Morgan fingerprint density at radius 1 is 1.31 bits per heavy atom. The van der Waals surface area contributed by atoms with Gasteiger partial charge in [-0.25, -0.2) is 8.42 Å². The second kappa shape index (κ2) is 8.43. The molecule has 0 atom stereocenters. The average molecular weight is 386 g/mol. The summed E-state index contributed by atoms with van der Waals surface area (Å²) in [5.41, 5.74) is -0.187. The summed E-state index contributed by atoms with van der Waals surface area (Å²) in [5.74, 6) is -0.949. The number of sulfonamides is 1. The summed E-state index contributed by atoms with van der Waals surface area (Å²) in [5, 5.41) is 22.7. The first kappa shape index (κ1) is 20.1. The maximum Gasteiger partial charge on any atom is 0.303 e. The molecule has 0 bridgehead atoms. The Labute approximate surface area is 151 Å². The molecule has 1 heterocycles. The lowest BCUT2D eigenvalue weighted by molar-refractivity contribution is -0.384. The number of carboxylic acid groups (broad SMARTS) is 1. The van der Waals surface area contributed by atoms with Crippen molar-refractivity contribution < 1.29 is 23.2 Å². The van der Waals surface area contributed by atoms with Crippen molar-refractivity contribution in [1.29, 1.82) is 0 Å². The molecule has 10 nitrogen and oxygen atoms in total. The molecule has 0 aliphatic carbocycles. The van der Waals surface area contributed by atoms with E-state index >= 15 is 0 Å². The minimum Gasteiger partial charge on any atom is -0.481 e. The van der Waals surface area contributed by atoms with Gasteiger partial charge < -0.3 is 15.3 Å². The van der Waals surface area contributed by atoms with Crippen LogP contribution in [0.1, 0.15) is 12.8 Å². The number of likely N-dealkylation sites (N-methyl/N-ethyl adjacent to an activating group) is 1. The molecule has 26 heavy (non-hydrogen) atoms. The number of nitro benzene ring substituents is 1. The van der Waals surface area contributed by atoms with Crippen molar-refractivity contribution >= 4 is 27.4 Å². The minimum absolute atomic E-state index is 0.0589. The second-order valence-electron chi connectivity index (χ2n) is 6.07. The highest BCUT2D eigenvalue weighted by Crippen LogP contribution is 2.29. The normalized spacial score (nSPS) is 16.3. The highest BCUT2D eigenvalue weighted by molar-refractivity contribution is 7.89. The van der Waals surface area contributed by atoms with Crippen LogP contribution in [-0.4, -0.2) is 73.4 Å². The number of benzene rings is 1. The number of nitrogens with zero attached hydrogens (tertiary/aromatic N) is 3. The van der Waals surface area contributed by atoms with Crippen LogP contribution in [0.15, 0.2) is 23.1 Å². The third kappa shape index (κ3) is 4.90. The number of piperazine rings is 1. The van der Waals surface area contributed by atoms with Crippen LogP contribution >= 0.6 is 0 Å². The lowest BCUT2D eigenvalue weighted by atomic mass is 10.2. The zero-order chi connectivity index (χ0) is 19.3. The molecule has 1 aliphatic heterocycles. The topological polar surface area (TPSA) is 133 Å². The van der Waals surface area contributed by atoms with Gasteiger partial charge in [0.15, 0.2) is 0 Å². The van der Waals surface area contributed by atoms with E-state index in [0.29, 0.717) is 32.6 Å². The molecule has 0 saturated carbocycles. The van der Waals surface area contributed by atoms with E-state index in [0.717, 1.165) is 6.07 Å². The van der Waals surface area contributed by atoms with Crippen LogP contribution in [0, 0.1) is 10.1 Å². The first-order valence-corrected chi connectivity index (χ1v) is 9.58. The van der Waals surface area contributed by atoms with Gasteiger partial charge in [0.2, 0.25) is 10.0 Å². The fourth-order valence-electron chi connectivity index (χ4n) is 2.61. The predicted molar refractivity (Wildman–Crippen MR) is 94.7 cm³/mol. The standard InChI is InChI=1S/C15H22N4O6S/c1-17-7-9-18(10-8-17)26(24,25)12-4-5-13(14(11-12)19(22)23)16-6-2-3-15(20)21/h4-5,11,16H,2-3,6-10H2,1H3,(H,20,21). The van der Waals surface area contributed by atoms with Crippen LogP contribution in [0.5, 0.6) is 0 Å². The van der Waals surface area contributed by atoms with E-state index in [1.54, 1.807) is 0 Å². The lowest BCUT2D eigenvalue weighted by Crippen LogP contribution is -2.47. The fraction of sp³-hybridized carbons (Fsp3) is 0.533. The van der Waals surface area contributed by atoms with Gasteiger partial charge in [0.05, 0.1) is 9.82 Å². The summed E-state index contributed by atoms with van der Waals surface area (Å²) in [7, 11) is -1.90. The Morgan fingerprint density at radius 2 is 1.96 bits per heavy atom. The van der Waals surface area contributed by atoms with Gasteiger partial charge in [-0.3, -0.25) is 14.9 Å². The maximum absolute atomic E-state index is 12.7. The quantitative estimate of drug-likeness (QED) is 0.381. The number of rotatable bonds is 8. The van der Waals surface area contributed by atoms with Crippen molar-refractivity contribution in [1.82, 2.24) is 9.21 Å². The van der Waals surface area contributed by atoms with Gasteiger partial charge in [0.1, 0.15) is 5.69 Å². The molecule has 1 aliphatic rings. The van der Waals surface area contributed by atoms with E-state index < -0.39 is 20.9 Å². The predicted octanol–water partition coefficient (Wildman–Crippen LogP) is 0.808. The van der Waals surface area contributed by atoms with Crippen molar-refractivity contribution in [3.63, 3.8) is 0 Å². The summed E-state index contributed by atoms with van der Waals surface area (Å²) in [6.45, 7) is 2.11. The summed E-state index contributed by atoms with van der Waals surface area (Å²) in [6.07, 6.45) is 0.241. The Bertz CT molecular complexity index is 774. The average Bonchev–Trinajstić information content (AvgIpc) is 2.58. The first-order chi connectivity index (χ1) is 12.2. The Kier molecular flexibility index (Phi) is 6.51. The molecule has 0 aromatic heterocycles. The van der Waals surface area contributed by atoms with E-state index in [1.165, 1.54) is 16.4 Å². The lowest BCUT2D eigenvalue weighted by Gasteiger charge is -2.31. The van der Waals surface area contributed by atoms with Gasteiger partial charge in [-0.05, 0) is 25.6 Å². The van der Waals surface area contributed by atoms with Crippen molar-refractivity contribution in [2.75, 3.05) is 45.1 Å². The molecule has 0 spiro atoms. The Balaban J connectivity index is 2.18. The number of aliphatic carboxylic acids is 1. The van der Waals surface area contributed by atoms with Gasteiger partial charge in [0.25, 0.3) is 5.69 Å². The van der Waals surface area contributed by atoms with E-state index in [9.17, 15) is 23.3 Å². The van der Waals surface area contributed by atoms with Crippen LogP contribution in [0.4, 0.5) is 11.4 Å². The van der Waals surface area contributed by atoms with Crippen molar-refractivity contribution in [2.45, 2.75) is 17.7 Å². The molecule has 2 rings (SSSR count). The zero-order valence-electron chi connectivity index (χ0n) is 14.4. The Morgan fingerprint density at radius 3 is 2.54 bits per heavy atom. The van der Waals surface area contributed by atoms with Crippen LogP contribution in [0.2, 0.25) is 0 Å². The monoisotopic (exact) mass is 386 g/mol. The Hall–Kier alpha value is -2.24. The minimum atomic E-state index is -3.80. The number of carbonyl (C=O) groups is 1. The smallest absolute Gasteiger partial charge is 0.303 e. The van der Waals surface area contributed by atoms with Gasteiger partial charge in [-0.2, -0.15) is 4.31 Å². The molecular formula is C15H22N4O6S. The van der Waals surface area contributed by atoms with Crippen LogP contribution in [0.25, 0.3) is 0 Å². The van der Waals surface area contributed by atoms with Gasteiger partial charge in [-0.1, -0.05) is 0 Å². The number of nitro groups is 1. The SMILES string of the molecule is CN1CCN(S(=O)(=O)c2ccc(NCCCC(=O)O)c([N+](=O)[O-])c2)CC1. The largest absolute Gasteiger partial charge is 0.481 e. The van der Waals surface area contributed by atoms with Gasteiger partial charge in [0, 0.05) is 45.2 Å². The van der Waals surface area contributed by atoms with E-state index in [4.69, 9.17) is 5.11 Å². The first-order valence-electron chi connectivity index (χ1n) is 8.14. The molecule has 1 saturated heterocycles. The molecule has 144 valence electrons. The highest BCUT2D eigenvalue weighted by atomic mass is 32.2. The van der Waals surface area contributed by atoms with Crippen LogP contribution in [0.3, 0.4) is 0 Å². The molecule has 0 radical (unpaired) electrons. The summed E-state index contributed by atoms with van der Waals surface area (Å²) in [6, 6.07) is 3.73. The second-order valence-corrected chi connectivity index (χ2v) is 8.01. The molecule has 2 N–H and O–H groups in total.